The molecule has 0 aromatic carbocycles. The molecule has 2 aromatic heterocycles. The third-order valence-corrected chi connectivity index (χ3v) is 2.13. The molecule has 0 bridgehead atoms. The zero-order valence-electron chi connectivity index (χ0n) is 7.29. The van der Waals surface area contributed by atoms with Gasteiger partial charge in [-0.05, 0) is 13.0 Å². The minimum absolute atomic E-state index is 0.407. The van der Waals surface area contributed by atoms with Gasteiger partial charge in [0.25, 0.3) is 0 Å². The highest BCUT2D eigenvalue weighted by Gasteiger charge is 2.10. The second kappa shape index (κ2) is 3.59. The van der Waals surface area contributed by atoms with Crippen molar-refractivity contribution in [2.75, 3.05) is 0 Å². The monoisotopic (exact) mass is 228 g/mol. The van der Waals surface area contributed by atoms with Crippen LogP contribution in [0.2, 0.25) is 10.0 Å². The lowest BCUT2D eigenvalue weighted by Gasteiger charge is -1.98. The molecule has 3 nitrogen and oxygen atoms in total. The van der Waals surface area contributed by atoms with Crippen molar-refractivity contribution in [1.29, 1.82) is 0 Å². The summed E-state index contributed by atoms with van der Waals surface area (Å²) in [5.74, 6) is 1.12. The molecular formula is C9H6Cl2N2O. The minimum Gasteiger partial charge on any atom is -0.440 e. The molecule has 72 valence electrons. The van der Waals surface area contributed by atoms with Crippen LogP contribution in [0.1, 0.15) is 5.76 Å². The Labute approximate surface area is 90.7 Å². The molecule has 0 N–H and O–H groups in total. The predicted octanol–water partition coefficient (Wildman–Crippen LogP) is 3.35. The zero-order valence-corrected chi connectivity index (χ0v) is 8.80. The molecule has 2 aromatic rings. The van der Waals surface area contributed by atoms with Gasteiger partial charge < -0.3 is 4.42 Å². The van der Waals surface area contributed by atoms with Crippen molar-refractivity contribution in [3.05, 3.63) is 34.3 Å². The van der Waals surface area contributed by atoms with Crippen LogP contribution >= 0.6 is 23.2 Å². The number of halogens is 2. The number of nitrogens with zero attached hydrogens (tertiary/aromatic N) is 2. The molecule has 0 amide bonds. The van der Waals surface area contributed by atoms with Crippen LogP contribution in [0.15, 0.2) is 22.9 Å². The van der Waals surface area contributed by atoms with Crippen molar-refractivity contribution < 1.29 is 4.42 Å². The molecule has 0 saturated carbocycles. The first kappa shape index (κ1) is 9.49. The van der Waals surface area contributed by atoms with Crippen LogP contribution in [0.4, 0.5) is 0 Å². The van der Waals surface area contributed by atoms with E-state index in [-0.39, 0.29) is 0 Å². The van der Waals surface area contributed by atoms with Gasteiger partial charge in [0, 0.05) is 6.20 Å². The normalized spacial score (nSPS) is 10.5. The van der Waals surface area contributed by atoms with Crippen LogP contribution in [-0.4, -0.2) is 9.97 Å². The molecule has 0 unspecified atom stereocenters. The number of pyridine rings is 1. The average Bonchev–Trinajstić information content (AvgIpc) is 2.51. The molecule has 14 heavy (non-hydrogen) atoms. The van der Waals surface area contributed by atoms with Gasteiger partial charge in [-0.15, -0.1) is 0 Å². The maximum absolute atomic E-state index is 5.93. The highest BCUT2D eigenvalue weighted by molar-refractivity contribution is 6.35. The lowest BCUT2D eigenvalue weighted by molar-refractivity contribution is 0.540. The lowest BCUT2D eigenvalue weighted by atomic mass is 10.3. The van der Waals surface area contributed by atoms with Gasteiger partial charge in [0.05, 0.1) is 16.2 Å². The quantitative estimate of drug-likeness (QED) is 0.752. The summed E-state index contributed by atoms with van der Waals surface area (Å²) in [6.45, 7) is 1.81. The van der Waals surface area contributed by atoms with Crippen LogP contribution < -0.4 is 0 Å². The SMILES string of the molecule is Cc1cnc(-c2ncc(Cl)cc2Cl)o1. The molecular weight excluding hydrogens is 223 g/mol. The van der Waals surface area contributed by atoms with Crippen LogP contribution in [0.3, 0.4) is 0 Å². The number of aryl methyl sites for hydroxylation is 1. The van der Waals surface area contributed by atoms with Gasteiger partial charge in [-0.2, -0.15) is 0 Å². The summed E-state index contributed by atoms with van der Waals surface area (Å²) in [4.78, 5) is 8.06. The fraction of sp³-hybridized carbons (Fsp3) is 0.111. The first-order valence-electron chi connectivity index (χ1n) is 3.90. The van der Waals surface area contributed by atoms with E-state index in [2.05, 4.69) is 9.97 Å². The van der Waals surface area contributed by atoms with Gasteiger partial charge in [0.1, 0.15) is 11.5 Å². The van der Waals surface area contributed by atoms with E-state index in [1.165, 1.54) is 6.20 Å². The molecule has 0 aliphatic rings. The summed E-state index contributed by atoms with van der Waals surface area (Å²) in [6, 6.07) is 1.60. The topological polar surface area (TPSA) is 38.9 Å². The van der Waals surface area contributed by atoms with Crippen LogP contribution in [-0.2, 0) is 0 Å². The lowest BCUT2D eigenvalue weighted by Crippen LogP contribution is -1.84. The second-order valence-corrected chi connectivity index (χ2v) is 3.60. The van der Waals surface area contributed by atoms with E-state index in [0.717, 1.165) is 0 Å². The zero-order chi connectivity index (χ0) is 10.1. The van der Waals surface area contributed by atoms with E-state index < -0.39 is 0 Å². The number of hydrogen-bond donors (Lipinski definition) is 0. The Kier molecular flexibility index (Phi) is 2.44. The van der Waals surface area contributed by atoms with Crippen molar-refractivity contribution in [1.82, 2.24) is 9.97 Å². The first-order chi connectivity index (χ1) is 6.66. The third kappa shape index (κ3) is 1.74. The summed E-state index contributed by atoms with van der Waals surface area (Å²) in [6.07, 6.45) is 3.12. The Morgan fingerprint density at radius 1 is 1.21 bits per heavy atom. The molecule has 0 atom stereocenters. The van der Waals surface area contributed by atoms with Gasteiger partial charge in [0.2, 0.25) is 5.89 Å². The molecule has 0 aliphatic heterocycles. The largest absolute Gasteiger partial charge is 0.440 e. The van der Waals surface area contributed by atoms with E-state index in [4.69, 9.17) is 27.6 Å². The molecule has 0 radical (unpaired) electrons. The van der Waals surface area contributed by atoms with E-state index in [1.54, 1.807) is 19.2 Å². The highest BCUT2D eigenvalue weighted by atomic mass is 35.5. The van der Waals surface area contributed by atoms with Crippen LogP contribution in [0.25, 0.3) is 11.6 Å². The minimum atomic E-state index is 0.407. The number of hydrogen-bond acceptors (Lipinski definition) is 3. The van der Waals surface area contributed by atoms with Gasteiger partial charge in [-0.1, -0.05) is 23.2 Å². The summed E-state index contributed by atoms with van der Waals surface area (Å²) >= 11 is 11.6. The standard InChI is InChI=1S/C9H6Cl2N2O/c1-5-3-13-9(14-5)8-7(11)2-6(10)4-12-8/h2-4H,1H3. The maximum Gasteiger partial charge on any atom is 0.246 e. The Morgan fingerprint density at radius 2 is 2.00 bits per heavy atom. The average molecular weight is 229 g/mol. The highest BCUT2D eigenvalue weighted by Crippen LogP contribution is 2.27. The fourth-order valence-electron chi connectivity index (χ4n) is 1.04. The van der Waals surface area contributed by atoms with Crippen molar-refractivity contribution in [2.24, 2.45) is 0 Å². The first-order valence-corrected chi connectivity index (χ1v) is 4.66. The van der Waals surface area contributed by atoms with E-state index in [1.807, 2.05) is 0 Å². The fourth-order valence-corrected chi connectivity index (χ4v) is 1.50. The third-order valence-electron chi connectivity index (χ3n) is 1.63. The summed E-state index contributed by atoms with van der Waals surface area (Å²) < 4.78 is 5.29. The number of rotatable bonds is 1. The van der Waals surface area contributed by atoms with Crippen molar-refractivity contribution >= 4 is 23.2 Å². The molecule has 0 fully saturated rings. The van der Waals surface area contributed by atoms with Crippen LogP contribution in [0, 0.1) is 6.92 Å². The Bertz CT molecular complexity index is 468. The Hall–Kier alpha value is -1.06. The van der Waals surface area contributed by atoms with Crippen LogP contribution in [0.5, 0.6) is 0 Å². The molecule has 5 heteroatoms. The molecule has 0 aliphatic carbocycles. The maximum atomic E-state index is 5.93. The van der Waals surface area contributed by atoms with Gasteiger partial charge in [0.15, 0.2) is 0 Å². The van der Waals surface area contributed by atoms with Crippen molar-refractivity contribution in [3.63, 3.8) is 0 Å². The Morgan fingerprint density at radius 3 is 2.57 bits per heavy atom. The summed E-state index contributed by atoms with van der Waals surface area (Å²) in [5.41, 5.74) is 0.504. The molecule has 2 rings (SSSR count). The Balaban J connectivity index is 2.52. The summed E-state index contributed by atoms with van der Waals surface area (Å²) in [5, 5.41) is 0.918. The number of oxazole rings is 1. The van der Waals surface area contributed by atoms with Gasteiger partial charge >= 0.3 is 0 Å². The van der Waals surface area contributed by atoms with Crippen molar-refractivity contribution in [3.8, 4) is 11.6 Å². The van der Waals surface area contributed by atoms with E-state index >= 15 is 0 Å². The second-order valence-electron chi connectivity index (χ2n) is 2.76. The van der Waals surface area contributed by atoms with E-state index in [0.29, 0.717) is 27.4 Å². The van der Waals surface area contributed by atoms with E-state index in [9.17, 15) is 0 Å². The summed E-state index contributed by atoms with van der Waals surface area (Å²) in [7, 11) is 0. The molecule has 0 saturated heterocycles. The predicted molar refractivity (Wildman–Crippen MR) is 54.5 cm³/mol. The van der Waals surface area contributed by atoms with Gasteiger partial charge in [-0.3, -0.25) is 0 Å². The smallest absolute Gasteiger partial charge is 0.246 e. The van der Waals surface area contributed by atoms with Gasteiger partial charge in [-0.25, -0.2) is 9.97 Å². The molecule has 2 heterocycles. The molecule has 0 spiro atoms. The number of aromatic nitrogens is 2. The van der Waals surface area contributed by atoms with Crippen molar-refractivity contribution in [2.45, 2.75) is 6.92 Å².